The number of esters is 2. The third-order valence-electron chi connectivity index (χ3n) is 3.37. The zero-order valence-corrected chi connectivity index (χ0v) is 13.9. The van der Waals surface area contributed by atoms with Crippen LogP contribution >= 0.6 is 11.6 Å². The van der Waals surface area contributed by atoms with Crippen LogP contribution in [0.4, 0.5) is 0 Å². The molecule has 0 aromatic carbocycles. The van der Waals surface area contributed by atoms with Crippen molar-refractivity contribution in [2.45, 2.75) is 13.8 Å². The highest BCUT2D eigenvalue weighted by atomic mass is 35.5. The van der Waals surface area contributed by atoms with Gasteiger partial charge >= 0.3 is 11.9 Å². The molecule has 0 aliphatic heterocycles. The largest absolute Gasteiger partial charge is 0.465 e. The number of nitrogens with zero attached hydrogens (tertiary/aromatic N) is 2. The number of carbonyl (C=O) groups excluding carboxylic acids is 2. The van der Waals surface area contributed by atoms with Crippen LogP contribution in [0.2, 0.25) is 5.15 Å². The van der Waals surface area contributed by atoms with Gasteiger partial charge < -0.3 is 9.47 Å². The summed E-state index contributed by atoms with van der Waals surface area (Å²) in [5, 5.41) is 0.160. The van der Waals surface area contributed by atoms with E-state index >= 15 is 0 Å². The van der Waals surface area contributed by atoms with Crippen molar-refractivity contribution >= 4 is 23.5 Å². The predicted molar refractivity (Wildman–Crippen MR) is 84.6 cm³/mol. The van der Waals surface area contributed by atoms with E-state index in [1.165, 1.54) is 20.4 Å². The fourth-order valence-electron chi connectivity index (χ4n) is 2.40. The second-order valence-corrected chi connectivity index (χ2v) is 5.09. The molecule has 0 atom stereocenters. The molecule has 0 saturated carbocycles. The third kappa shape index (κ3) is 3.03. The van der Waals surface area contributed by atoms with Gasteiger partial charge in [-0.3, -0.25) is 4.98 Å². The van der Waals surface area contributed by atoms with E-state index in [0.717, 1.165) is 0 Å². The molecule has 0 N–H and O–H groups in total. The summed E-state index contributed by atoms with van der Waals surface area (Å²) in [4.78, 5) is 32.7. The van der Waals surface area contributed by atoms with Crippen molar-refractivity contribution in [3.05, 3.63) is 46.0 Å². The minimum absolute atomic E-state index is 0.160. The summed E-state index contributed by atoms with van der Waals surface area (Å²) >= 11 is 6.17. The number of ether oxygens (including phenoxy) is 2. The molecule has 0 saturated heterocycles. The third-order valence-corrected chi connectivity index (χ3v) is 3.67. The maximum atomic E-state index is 12.2. The molecular weight excluding hydrogens is 320 g/mol. The molecule has 0 radical (unpaired) electrons. The molecule has 0 aliphatic rings. The number of methoxy groups -OCH3 is 2. The second-order valence-electron chi connectivity index (χ2n) is 4.73. The van der Waals surface area contributed by atoms with Gasteiger partial charge in [0, 0.05) is 17.3 Å². The van der Waals surface area contributed by atoms with Gasteiger partial charge in [0.25, 0.3) is 0 Å². The van der Waals surface area contributed by atoms with Gasteiger partial charge in [0.15, 0.2) is 0 Å². The molecule has 0 bridgehead atoms. The normalized spacial score (nSPS) is 10.3. The van der Waals surface area contributed by atoms with Gasteiger partial charge in [0.1, 0.15) is 5.15 Å². The van der Waals surface area contributed by atoms with Crippen LogP contribution < -0.4 is 0 Å². The SMILES string of the molecule is COC(=O)c1c(C)nc(C)c(C(=O)OC)c1-c1cccnc1Cl. The smallest absolute Gasteiger partial charge is 0.340 e. The number of rotatable bonds is 3. The van der Waals surface area contributed by atoms with E-state index in [-0.39, 0.29) is 16.3 Å². The Labute approximate surface area is 138 Å². The van der Waals surface area contributed by atoms with Gasteiger partial charge in [0.2, 0.25) is 0 Å². The van der Waals surface area contributed by atoms with Gasteiger partial charge in [-0.15, -0.1) is 0 Å². The Kier molecular flexibility index (Phi) is 4.95. The highest BCUT2D eigenvalue weighted by Gasteiger charge is 2.28. The van der Waals surface area contributed by atoms with Crippen molar-refractivity contribution in [3.63, 3.8) is 0 Å². The summed E-state index contributed by atoms with van der Waals surface area (Å²) in [7, 11) is 2.52. The topological polar surface area (TPSA) is 78.4 Å². The van der Waals surface area contributed by atoms with Crippen molar-refractivity contribution < 1.29 is 19.1 Å². The fourth-order valence-corrected chi connectivity index (χ4v) is 2.61. The Balaban J connectivity index is 2.97. The Morgan fingerprint density at radius 3 is 2.00 bits per heavy atom. The summed E-state index contributed by atoms with van der Waals surface area (Å²) in [5.74, 6) is -1.23. The molecule has 6 nitrogen and oxygen atoms in total. The molecule has 0 fully saturated rings. The van der Waals surface area contributed by atoms with Gasteiger partial charge in [-0.25, -0.2) is 14.6 Å². The molecule has 2 heterocycles. The van der Waals surface area contributed by atoms with Gasteiger partial charge in [0.05, 0.1) is 36.7 Å². The van der Waals surface area contributed by atoms with Crippen LogP contribution in [0.15, 0.2) is 18.3 Å². The number of hydrogen-bond acceptors (Lipinski definition) is 6. The lowest BCUT2D eigenvalue weighted by Gasteiger charge is -2.17. The van der Waals surface area contributed by atoms with Crippen LogP contribution in [-0.2, 0) is 9.47 Å². The van der Waals surface area contributed by atoms with Crippen molar-refractivity contribution in [1.29, 1.82) is 0 Å². The molecule has 0 aliphatic carbocycles. The van der Waals surface area contributed by atoms with Crippen LogP contribution in [0, 0.1) is 13.8 Å². The van der Waals surface area contributed by atoms with Crippen LogP contribution in [0.5, 0.6) is 0 Å². The van der Waals surface area contributed by atoms with Crippen LogP contribution in [0.1, 0.15) is 32.1 Å². The summed E-state index contributed by atoms with van der Waals surface area (Å²) in [6.45, 7) is 3.32. The van der Waals surface area contributed by atoms with Crippen LogP contribution in [-0.4, -0.2) is 36.1 Å². The van der Waals surface area contributed by atoms with Crippen molar-refractivity contribution in [1.82, 2.24) is 9.97 Å². The molecule has 23 heavy (non-hydrogen) atoms. The number of halogens is 1. The van der Waals surface area contributed by atoms with E-state index in [0.29, 0.717) is 22.5 Å². The molecule has 0 amide bonds. The fraction of sp³-hybridized carbons (Fsp3) is 0.250. The predicted octanol–water partition coefficient (Wildman–Crippen LogP) is 2.99. The standard InChI is InChI=1S/C16H15ClN2O4/c1-8-11(15(20)22-3)13(10-6-5-7-18-14(10)17)12(9(2)19-8)16(21)23-4/h5-7H,1-4H3. The Morgan fingerprint density at radius 1 is 1.04 bits per heavy atom. The van der Waals surface area contributed by atoms with Gasteiger partial charge in [-0.05, 0) is 26.0 Å². The van der Waals surface area contributed by atoms with E-state index in [4.69, 9.17) is 21.1 Å². The summed E-state index contributed by atoms with van der Waals surface area (Å²) in [6, 6.07) is 3.33. The van der Waals surface area contributed by atoms with Crippen LogP contribution in [0.25, 0.3) is 11.1 Å². The van der Waals surface area contributed by atoms with Crippen molar-refractivity contribution in [2.75, 3.05) is 14.2 Å². The lowest BCUT2D eigenvalue weighted by molar-refractivity contribution is 0.0599. The molecular formula is C16H15ClN2O4. The lowest BCUT2D eigenvalue weighted by atomic mass is 9.93. The number of pyridine rings is 2. The first-order valence-electron chi connectivity index (χ1n) is 6.71. The second kappa shape index (κ2) is 6.75. The van der Waals surface area contributed by atoms with Gasteiger partial charge in [-0.2, -0.15) is 0 Å². The Hall–Kier alpha value is -2.47. The minimum atomic E-state index is -0.616. The number of aromatic nitrogens is 2. The number of aryl methyl sites for hydroxylation is 2. The van der Waals surface area contributed by atoms with E-state index in [2.05, 4.69) is 9.97 Å². The maximum absolute atomic E-state index is 12.2. The van der Waals surface area contributed by atoms with Crippen molar-refractivity contribution in [2.24, 2.45) is 0 Å². The van der Waals surface area contributed by atoms with Gasteiger partial charge in [-0.1, -0.05) is 11.6 Å². The van der Waals surface area contributed by atoms with E-state index in [1.54, 1.807) is 26.0 Å². The van der Waals surface area contributed by atoms with E-state index < -0.39 is 11.9 Å². The minimum Gasteiger partial charge on any atom is -0.465 e. The average Bonchev–Trinajstić information content (AvgIpc) is 2.53. The zero-order chi connectivity index (χ0) is 17.1. The maximum Gasteiger partial charge on any atom is 0.340 e. The van der Waals surface area contributed by atoms with E-state index in [1.807, 2.05) is 0 Å². The molecule has 2 rings (SSSR count). The highest BCUT2D eigenvalue weighted by Crippen LogP contribution is 2.35. The number of carbonyl (C=O) groups is 2. The monoisotopic (exact) mass is 334 g/mol. The Bertz CT molecular complexity index is 750. The highest BCUT2D eigenvalue weighted by molar-refractivity contribution is 6.32. The van der Waals surface area contributed by atoms with E-state index in [9.17, 15) is 9.59 Å². The first-order valence-corrected chi connectivity index (χ1v) is 7.08. The molecule has 120 valence electrons. The zero-order valence-electron chi connectivity index (χ0n) is 13.1. The number of hydrogen-bond donors (Lipinski definition) is 0. The van der Waals surface area contributed by atoms with Crippen LogP contribution in [0.3, 0.4) is 0 Å². The molecule has 7 heteroatoms. The summed E-state index contributed by atoms with van der Waals surface area (Å²) in [5.41, 5.74) is 1.92. The molecule has 0 spiro atoms. The van der Waals surface area contributed by atoms with Crippen molar-refractivity contribution in [3.8, 4) is 11.1 Å². The quantitative estimate of drug-likeness (QED) is 0.634. The summed E-state index contributed by atoms with van der Waals surface area (Å²) in [6.07, 6.45) is 1.52. The molecule has 2 aromatic rings. The first kappa shape index (κ1) is 16.9. The average molecular weight is 335 g/mol. The lowest BCUT2D eigenvalue weighted by Crippen LogP contribution is -2.16. The molecule has 0 unspecified atom stereocenters. The first-order chi connectivity index (χ1) is 10.9. The summed E-state index contributed by atoms with van der Waals surface area (Å²) < 4.78 is 9.67. The molecule has 2 aromatic heterocycles. The Morgan fingerprint density at radius 2 is 1.57 bits per heavy atom.